The maximum atomic E-state index is 12.3. The summed E-state index contributed by atoms with van der Waals surface area (Å²) in [4.78, 5) is 28.9. The SMILES string of the molecule is CN(Cc1ccncc1)C(=O)[C@H]1[C@@H](C(=O)O)C1(C)C. The van der Waals surface area contributed by atoms with Crippen LogP contribution < -0.4 is 0 Å². The van der Waals surface area contributed by atoms with Crippen LogP contribution in [0.4, 0.5) is 0 Å². The van der Waals surface area contributed by atoms with Crippen LogP contribution in [-0.2, 0) is 16.1 Å². The number of carbonyl (C=O) groups is 2. The van der Waals surface area contributed by atoms with Gasteiger partial charge < -0.3 is 10.0 Å². The smallest absolute Gasteiger partial charge is 0.307 e. The van der Waals surface area contributed by atoms with Crippen molar-refractivity contribution in [1.82, 2.24) is 9.88 Å². The number of aliphatic carboxylic acids is 1. The second-order valence-corrected chi connectivity index (χ2v) is 5.66. The summed E-state index contributed by atoms with van der Waals surface area (Å²) in [5.74, 6) is -1.98. The van der Waals surface area contributed by atoms with Crippen molar-refractivity contribution >= 4 is 11.9 Å². The second-order valence-electron chi connectivity index (χ2n) is 5.66. The first-order valence-corrected chi connectivity index (χ1v) is 6.22. The molecule has 1 heterocycles. The molecule has 0 aromatic carbocycles. The van der Waals surface area contributed by atoms with E-state index in [1.165, 1.54) is 0 Å². The lowest BCUT2D eigenvalue weighted by Crippen LogP contribution is -2.29. The van der Waals surface area contributed by atoms with E-state index in [-0.39, 0.29) is 5.91 Å². The average Bonchev–Trinajstić information content (AvgIpc) is 2.92. The molecule has 0 radical (unpaired) electrons. The highest BCUT2D eigenvalue weighted by Crippen LogP contribution is 2.58. The minimum Gasteiger partial charge on any atom is -0.481 e. The van der Waals surface area contributed by atoms with E-state index in [0.29, 0.717) is 6.54 Å². The summed E-state index contributed by atoms with van der Waals surface area (Å²) in [5.41, 5.74) is 0.534. The molecule has 1 aliphatic rings. The number of hydrogen-bond acceptors (Lipinski definition) is 3. The van der Waals surface area contributed by atoms with Gasteiger partial charge >= 0.3 is 5.97 Å². The van der Waals surface area contributed by atoms with E-state index in [2.05, 4.69) is 4.98 Å². The van der Waals surface area contributed by atoms with Crippen LogP contribution in [0.2, 0.25) is 0 Å². The summed E-state index contributed by atoms with van der Waals surface area (Å²) in [7, 11) is 1.70. The first kappa shape index (κ1) is 13.5. The molecule has 1 aliphatic carbocycles. The Kier molecular flexibility index (Phi) is 3.30. The summed E-state index contributed by atoms with van der Waals surface area (Å²) >= 11 is 0. The lowest BCUT2D eigenvalue weighted by Gasteiger charge is -2.18. The van der Waals surface area contributed by atoms with Crippen LogP contribution in [0.15, 0.2) is 24.5 Å². The zero-order chi connectivity index (χ0) is 14.2. The maximum absolute atomic E-state index is 12.3. The molecule has 0 unspecified atom stereocenters. The molecule has 19 heavy (non-hydrogen) atoms. The first-order valence-electron chi connectivity index (χ1n) is 6.22. The summed E-state index contributed by atoms with van der Waals surface area (Å²) < 4.78 is 0. The zero-order valence-electron chi connectivity index (χ0n) is 11.3. The summed E-state index contributed by atoms with van der Waals surface area (Å²) in [6, 6.07) is 3.69. The number of hydrogen-bond donors (Lipinski definition) is 1. The van der Waals surface area contributed by atoms with Gasteiger partial charge in [0.15, 0.2) is 0 Å². The minimum atomic E-state index is -0.888. The van der Waals surface area contributed by atoms with Gasteiger partial charge in [-0.05, 0) is 23.1 Å². The molecule has 1 fully saturated rings. The molecule has 0 saturated heterocycles. The van der Waals surface area contributed by atoms with E-state index in [0.717, 1.165) is 5.56 Å². The zero-order valence-corrected chi connectivity index (χ0v) is 11.3. The molecule has 1 N–H and O–H groups in total. The Morgan fingerprint density at radius 1 is 1.32 bits per heavy atom. The summed E-state index contributed by atoms with van der Waals surface area (Å²) in [6.45, 7) is 4.13. The number of nitrogens with zero attached hydrogens (tertiary/aromatic N) is 2. The van der Waals surface area contributed by atoms with Gasteiger partial charge in [-0.1, -0.05) is 13.8 Å². The van der Waals surface area contributed by atoms with Gasteiger partial charge in [0.05, 0.1) is 11.8 Å². The topological polar surface area (TPSA) is 70.5 Å². The molecule has 1 saturated carbocycles. The molecule has 102 valence electrons. The van der Waals surface area contributed by atoms with Crippen molar-refractivity contribution in [3.05, 3.63) is 30.1 Å². The molecule has 1 aromatic rings. The molecule has 1 aromatic heterocycles. The van der Waals surface area contributed by atoms with Gasteiger partial charge in [-0.15, -0.1) is 0 Å². The van der Waals surface area contributed by atoms with Crippen molar-refractivity contribution in [2.24, 2.45) is 17.3 Å². The second kappa shape index (κ2) is 4.64. The molecule has 1 amide bonds. The highest BCUT2D eigenvalue weighted by Gasteiger charge is 2.66. The third-order valence-corrected chi connectivity index (χ3v) is 3.90. The molecule has 5 heteroatoms. The van der Waals surface area contributed by atoms with Gasteiger partial charge in [0.25, 0.3) is 0 Å². The monoisotopic (exact) mass is 262 g/mol. The fourth-order valence-corrected chi connectivity index (χ4v) is 2.64. The lowest BCUT2D eigenvalue weighted by molar-refractivity contribution is -0.141. The number of amides is 1. The number of rotatable bonds is 4. The van der Waals surface area contributed by atoms with Crippen molar-refractivity contribution in [3.8, 4) is 0 Å². The van der Waals surface area contributed by atoms with Gasteiger partial charge in [-0.3, -0.25) is 14.6 Å². The van der Waals surface area contributed by atoms with E-state index in [1.807, 2.05) is 26.0 Å². The molecule has 0 bridgehead atoms. The van der Waals surface area contributed by atoms with Crippen molar-refractivity contribution in [2.45, 2.75) is 20.4 Å². The largest absolute Gasteiger partial charge is 0.481 e. The highest BCUT2D eigenvalue weighted by molar-refractivity contribution is 5.91. The normalized spacial score (nSPS) is 23.7. The van der Waals surface area contributed by atoms with E-state index >= 15 is 0 Å². The maximum Gasteiger partial charge on any atom is 0.307 e. The van der Waals surface area contributed by atoms with Gasteiger partial charge in [-0.25, -0.2) is 0 Å². The molecule has 0 spiro atoms. The number of carbonyl (C=O) groups excluding carboxylic acids is 1. The fourth-order valence-electron chi connectivity index (χ4n) is 2.64. The number of carboxylic acid groups (broad SMARTS) is 1. The third kappa shape index (κ3) is 2.45. The molecular formula is C14H18N2O3. The van der Waals surface area contributed by atoms with Gasteiger partial charge in [0.1, 0.15) is 0 Å². The Morgan fingerprint density at radius 3 is 2.37 bits per heavy atom. The highest BCUT2D eigenvalue weighted by atomic mass is 16.4. The van der Waals surface area contributed by atoms with Crippen LogP contribution in [0, 0.1) is 17.3 Å². The number of carboxylic acids is 1. The number of pyridine rings is 1. The van der Waals surface area contributed by atoms with Crippen molar-refractivity contribution in [1.29, 1.82) is 0 Å². The summed E-state index contributed by atoms with van der Waals surface area (Å²) in [6.07, 6.45) is 3.35. The Morgan fingerprint density at radius 2 is 1.89 bits per heavy atom. The van der Waals surface area contributed by atoms with Gasteiger partial charge in [-0.2, -0.15) is 0 Å². The predicted octanol–water partition coefficient (Wildman–Crippen LogP) is 1.40. The van der Waals surface area contributed by atoms with E-state index < -0.39 is 23.2 Å². The molecular weight excluding hydrogens is 244 g/mol. The van der Waals surface area contributed by atoms with Crippen LogP contribution in [0.25, 0.3) is 0 Å². The number of aromatic nitrogens is 1. The fraction of sp³-hybridized carbons (Fsp3) is 0.500. The van der Waals surface area contributed by atoms with Crippen LogP contribution in [0.3, 0.4) is 0 Å². The predicted molar refractivity (Wildman–Crippen MR) is 69.1 cm³/mol. The minimum absolute atomic E-state index is 0.103. The van der Waals surface area contributed by atoms with Crippen LogP contribution in [-0.4, -0.2) is 33.9 Å². The molecule has 5 nitrogen and oxygen atoms in total. The Hall–Kier alpha value is -1.91. The Bertz CT molecular complexity index is 499. The van der Waals surface area contributed by atoms with Crippen LogP contribution in [0.5, 0.6) is 0 Å². The summed E-state index contributed by atoms with van der Waals surface area (Å²) in [5, 5.41) is 9.10. The quantitative estimate of drug-likeness (QED) is 0.890. The van der Waals surface area contributed by atoms with Crippen LogP contribution in [0.1, 0.15) is 19.4 Å². The molecule has 2 atom stereocenters. The van der Waals surface area contributed by atoms with Crippen molar-refractivity contribution in [3.63, 3.8) is 0 Å². The Labute approximate surface area is 112 Å². The van der Waals surface area contributed by atoms with E-state index in [9.17, 15) is 9.59 Å². The Balaban J connectivity index is 2.03. The van der Waals surface area contributed by atoms with Gasteiger partial charge in [0.2, 0.25) is 5.91 Å². The lowest BCUT2D eigenvalue weighted by atomic mass is 10.1. The van der Waals surface area contributed by atoms with Crippen molar-refractivity contribution in [2.75, 3.05) is 7.05 Å². The van der Waals surface area contributed by atoms with Gasteiger partial charge in [0, 0.05) is 26.0 Å². The van der Waals surface area contributed by atoms with E-state index in [4.69, 9.17) is 5.11 Å². The first-order chi connectivity index (χ1) is 8.85. The van der Waals surface area contributed by atoms with Crippen LogP contribution >= 0.6 is 0 Å². The van der Waals surface area contributed by atoms with E-state index in [1.54, 1.807) is 24.3 Å². The van der Waals surface area contributed by atoms with Crippen molar-refractivity contribution < 1.29 is 14.7 Å². The average molecular weight is 262 g/mol. The molecule has 0 aliphatic heterocycles. The molecule has 2 rings (SSSR count). The standard InChI is InChI=1S/C14H18N2O3/c1-14(2)10(11(14)13(18)19)12(17)16(3)8-9-4-6-15-7-5-9/h4-7,10-11H,8H2,1-3H3,(H,18,19)/t10-,11+/m1/s1. The third-order valence-electron chi connectivity index (χ3n) is 3.90.